The van der Waals surface area contributed by atoms with Crippen molar-refractivity contribution >= 4 is 8.32 Å². The van der Waals surface area contributed by atoms with Crippen LogP contribution in [0.2, 0.25) is 18.1 Å². The molecule has 0 radical (unpaired) electrons. The van der Waals surface area contributed by atoms with E-state index in [1.165, 1.54) is 18.4 Å². The topological polar surface area (TPSA) is 107 Å². The minimum atomic E-state index is -1.71. The molecule has 2 heterocycles. The summed E-state index contributed by atoms with van der Waals surface area (Å²) < 4.78 is 17.6. The van der Waals surface area contributed by atoms with Gasteiger partial charge in [0.2, 0.25) is 23.6 Å². The van der Waals surface area contributed by atoms with Gasteiger partial charge in [0.25, 0.3) is 0 Å². The number of hydrogen-bond acceptors (Lipinski definition) is 8. The molecule has 0 spiro atoms. The summed E-state index contributed by atoms with van der Waals surface area (Å²) in [6.07, 6.45) is 4.66. The van der Waals surface area contributed by atoms with Gasteiger partial charge in [0.05, 0.1) is 13.2 Å². The third kappa shape index (κ3) is 6.90. The van der Waals surface area contributed by atoms with Crippen LogP contribution in [0, 0.1) is 0 Å². The van der Waals surface area contributed by atoms with E-state index < -0.39 is 8.32 Å². The second kappa shape index (κ2) is 11.2. The van der Waals surface area contributed by atoms with Gasteiger partial charge in [-0.2, -0.15) is 0 Å². The molecule has 2 fully saturated rings. The second-order valence-electron chi connectivity index (χ2n) is 12.0. The van der Waals surface area contributed by atoms with Gasteiger partial charge in [-0.05, 0) is 79.2 Å². The molecule has 2 aromatic heterocycles. The van der Waals surface area contributed by atoms with Crippen LogP contribution in [0.5, 0.6) is 0 Å². The zero-order valence-electron chi connectivity index (χ0n) is 23.5. The average molecular weight is 547 g/mol. The Labute approximate surface area is 231 Å². The van der Waals surface area contributed by atoms with Crippen LogP contribution < -0.4 is 0 Å². The van der Waals surface area contributed by atoms with Gasteiger partial charge in [0, 0.05) is 23.0 Å². The lowest BCUT2D eigenvalue weighted by molar-refractivity contribution is 0.276. The van der Waals surface area contributed by atoms with Gasteiger partial charge < -0.3 is 18.4 Å². The fourth-order valence-electron chi connectivity index (χ4n) is 3.67. The average Bonchev–Trinajstić information content (AvgIpc) is 3.86. The van der Waals surface area contributed by atoms with Crippen LogP contribution in [0.4, 0.5) is 0 Å². The molecule has 1 N–H and O–H groups in total. The fourth-order valence-corrected chi connectivity index (χ4v) is 4.63. The van der Waals surface area contributed by atoms with E-state index in [1.807, 2.05) is 36.4 Å². The first-order chi connectivity index (χ1) is 18.6. The van der Waals surface area contributed by atoms with Crippen molar-refractivity contribution in [3.05, 3.63) is 71.4 Å². The highest BCUT2D eigenvalue weighted by molar-refractivity contribution is 6.74. The van der Waals surface area contributed by atoms with Crippen molar-refractivity contribution < 1.29 is 18.4 Å². The predicted octanol–water partition coefficient (Wildman–Crippen LogP) is 7.24. The van der Waals surface area contributed by atoms with Crippen molar-refractivity contribution in [3.63, 3.8) is 0 Å². The van der Waals surface area contributed by atoms with Crippen LogP contribution in [-0.2, 0) is 17.6 Å². The third-order valence-electron chi connectivity index (χ3n) is 7.72. The molecule has 0 bridgehead atoms. The number of hydrogen-bond donors (Lipinski definition) is 1. The summed E-state index contributed by atoms with van der Waals surface area (Å²) >= 11 is 0. The molecule has 2 aromatic carbocycles. The van der Waals surface area contributed by atoms with Crippen molar-refractivity contribution in [2.24, 2.45) is 0 Å². The molecule has 2 aliphatic rings. The van der Waals surface area contributed by atoms with E-state index in [0.29, 0.717) is 30.2 Å². The largest absolute Gasteiger partial charge is 0.420 e. The number of aliphatic hydroxyl groups excluding tert-OH is 1. The number of nitrogens with zero attached hydrogens (tertiary/aromatic N) is 4. The molecular formula is C30H38N4O4Si. The summed E-state index contributed by atoms with van der Waals surface area (Å²) in [6.45, 7) is 12.0. The first-order valence-electron chi connectivity index (χ1n) is 13.7. The van der Waals surface area contributed by atoms with Gasteiger partial charge in [-0.25, -0.2) is 0 Å². The molecule has 9 heteroatoms. The van der Waals surface area contributed by atoms with Gasteiger partial charge in [-0.15, -0.1) is 20.4 Å². The van der Waals surface area contributed by atoms with E-state index in [-0.39, 0.29) is 11.6 Å². The smallest absolute Gasteiger partial charge is 0.247 e. The zero-order chi connectivity index (χ0) is 27.6. The molecule has 0 atom stereocenters. The Kier molecular flexibility index (Phi) is 7.84. The van der Waals surface area contributed by atoms with Gasteiger partial charge in [-0.1, -0.05) is 45.0 Å². The van der Waals surface area contributed by atoms with E-state index in [0.717, 1.165) is 41.3 Å². The quantitative estimate of drug-likeness (QED) is 0.230. The highest BCUT2D eigenvalue weighted by atomic mass is 28.4. The van der Waals surface area contributed by atoms with Gasteiger partial charge >= 0.3 is 0 Å². The Morgan fingerprint density at radius 3 is 1.56 bits per heavy atom. The van der Waals surface area contributed by atoms with E-state index in [1.54, 1.807) is 0 Å². The van der Waals surface area contributed by atoms with E-state index in [4.69, 9.17) is 18.4 Å². The summed E-state index contributed by atoms with van der Waals surface area (Å²) in [5.41, 5.74) is 3.93. The monoisotopic (exact) mass is 546 g/mol. The lowest BCUT2D eigenvalue weighted by Crippen LogP contribution is -2.40. The lowest BCUT2D eigenvalue weighted by atomic mass is 10.1. The Bertz CT molecular complexity index is 1370. The minimum absolute atomic E-state index is 0.0530. The van der Waals surface area contributed by atoms with Gasteiger partial charge in [0.15, 0.2) is 8.32 Å². The van der Waals surface area contributed by atoms with Crippen LogP contribution >= 0.6 is 0 Å². The Morgan fingerprint density at radius 2 is 1.18 bits per heavy atom. The normalized spacial score (nSPS) is 15.6. The molecule has 0 unspecified atom stereocenters. The van der Waals surface area contributed by atoms with E-state index >= 15 is 0 Å². The van der Waals surface area contributed by atoms with Crippen LogP contribution in [0.3, 0.4) is 0 Å². The molecule has 2 aliphatic carbocycles. The Hall–Kier alpha value is -3.14. The standard InChI is InChI=1S/C18H26N2O2Si.C12H12N2O2/c1-18(2,3)23(4,5)21-12-13-6-8-14(9-7-13)16-19-20-17(22-16)15-10-11-15;15-7-8-1-3-9(4-2-8)11-13-14-12(16-11)10-5-6-10/h6-9,15H,10-12H2,1-5H3;1-4,10,15H,5-7H2. The minimum Gasteiger partial charge on any atom is -0.420 e. The Balaban J connectivity index is 0.000000168. The summed E-state index contributed by atoms with van der Waals surface area (Å²) in [5, 5.41) is 25.5. The van der Waals surface area contributed by atoms with Crippen LogP contribution in [0.15, 0.2) is 57.4 Å². The highest BCUT2D eigenvalue weighted by Gasteiger charge is 2.37. The van der Waals surface area contributed by atoms with E-state index in [2.05, 4.69) is 66.4 Å². The highest BCUT2D eigenvalue weighted by Crippen LogP contribution is 2.41. The first-order valence-corrected chi connectivity index (χ1v) is 16.6. The summed E-state index contributed by atoms with van der Waals surface area (Å²) in [5.74, 6) is 3.69. The molecule has 4 aromatic rings. The van der Waals surface area contributed by atoms with Gasteiger partial charge in [0.1, 0.15) is 0 Å². The van der Waals surface area contributed by atoms with Crippen molar-refractivity contribution in [1.82, 2.24) is 20.4 Å². The fraction of sp³-hybridized carbons (Fsp3) is 0.467. The zero-order valence-corrected chi connectivity index (χ0v) is 24.5. The molecule has 39 heavy (non-hydrogen) atoms. The summed E-state index contributed by atoms with van der Waals surface area (Å²) in [6, 6.07) is 15.7. The van der Waals surface area contributed by atoms with Gasteiger partial charge in [-0.3, -0.25) is 0 Å². The maximum Gasteiger partial charge on any atom is 0.247 e. The van der Waals surface area contributed by atoms with Crippen molar-refractivity contribution in [2.45, 2.75) is 89.6 Å². The first kappa shape index (κ1) is 27.4. The van der Waals surface area contributed by atoms with Crippen molar-refractivity contribution in [2.75, 3.05) is 0 Å². The SMILES string of the molecule is CC(C)(C)[Si](C)(C)OCc1ccc(-c2nnc(C3CC3)o2)cc1.OCc1ccc(-c2nnc(C3CC3)o2)cc1. The summed E-state index contributed by atoms with van der Waals surface area (Å²) in [7, 11) is -1.71. The predicted molar refractivity (Wildman–Crippen MR) is 151 cm³/mol. The van der Waals surface area contributed by atoms with Crippen molar-refractivity contribution in [1.29, 1.82) is 0 Å². The lowest BCUT2D eigenvalue weighted by Gasteiger charge is -2.36. The number of benzene rings is 2. The maximum atomic E-state index is 8.93. The van der Waals surface area contributed by atoms with Crippen LogP contribution in [0.1, 0.15) is 81.2 Å². The maximum absolute atomic E-state index is 8.93. The molecule has 8 nitrogen and oxygen atoms in total. The molecule has 6 rings (SSSR count). The Morgan fingerprint density at radius 1 is 0.744 bits per heavy atom. The molecule has 206 valence electrons. The molecule has 0 aliphatic heterocycles. The molecule has 0 amide bonds. The third-order valence-corrected chi connectivity index (χ3v) is 12.2. The molecule has 0 saturated heterocycles. The number of aliphatic hydroxyl groups is 1. The summed E-state index contributed by atoms with van der Waals surface area (Å²) in [4.78, 5) is 0. The molecule has 2 saturated carbocycles. The van der Waals surface area contributed by atoms with Crippen molar-refractivity contribution in [3.8, 4) is 22.9 Å². The van der Waals surface area contributed by atoms with Crippen LogP contribution in [-0.4, -0.2) is 33.8 Å². The number of rotatable bonds is 8. The molecular weight excluding hydrogens is 508 g/mol. The van der Waals surface area contributed by atoms with Crippen LogP contribution in [0.25, 0.3) is 22.9 Å². The van der Waals surface area contributed by atoms with E-state index in [9.17, 15) is 0 Å². The number of aromatic nitrogens is 4. The second-order valence-corrected chi connectivity index (χ2v) is 16.8.